The van der Waals surface area contributed by atoms with Gasteiger partial charge in [-0.3, -0.25) is 24.0 Å². The molecule has 11 heteroatoms. The van der Waals surface area contributed by atoms with Gasteiger partial charge in [-0.05, 0) is 0 Å². The highest BCUT2D eigenvalue weighted by Crippen LogP contribution is 1.93. The van der Waals surface area contributed by atoms with Crippen LogP contribution in [-0.2, 0) is 24.0 Å². The van der Waals surface area contributed by atoms with Crippen LogP contribution in [-0.4, -0.2) is 65.5 Å². The normalized spacial score (nSPS) is 11.1. The van der Waals surface area contributed by atoms with E-state index in [0.29, 0.717) is 0 Å². The number of carboxylic acid groups (broad SMARTS) is 2. The van der Waals surface area contributed by atoms with E-state index in [0.717, 1.165) is 0 Å². The minimum atomic E-state index is -1.45. The molecule has 21 heavy (non-hydrogen) atoms. The summed E-state index contributed by atoms with van der Waals surface area (Å²) >= 11 is 0. The molecule has 0 bridgehead atoms. The summed E-state index contributed by atoms with van der Waals surface area (Å²) in [4.78, 5) is 54.7. The molecule has 0 aliphatic carbocycles. The molecule has 0 aromatic rings. The molecule has 0 heterocycles. The van der Waals surface area contributed by atoms with Gasteiger partial charge in [0.1, 0.15) is 12.6 Å². The molecule has 0 rings (SSSR count). The Morgan fingerprint density at radius 3 is 2.00 bits per heavy atom. The van der Waals surface area contributed by atoms with E-state index in [2.05, 4.69) is 10.6 Å². The number of carbonyl (C=O) groups excluding carboxylic acids is 3. The van der Waals surface area contributed by atoms with Crippen LogP contribution in [0.4, 0.5) is 0 Å². The zero-order valence-corrected chi connectivity index (χ0v) is 10.9. The number of carbonyl (C=O) groups is 5. The van der Waals surface area contributed by atoms with E-state index in [1.165, 1.54) is 0 Å². The van der Waals surface area contributed by atoms with E-state index in [-0.39, 0.29) is 6.54 Å². The molecule has 0 saturated carbocycles. The third-order valence-corrected chi connectivity index (χ3v) is 2.08. The molecule has 7 N–H and O–H groups in total. The number of hydrogen-bond donors (Lipinski definition) is 6. The minimum Gasteiger partial charge on any atom is -0.481 e. The first-order valence-corrected chi connectivity index (χ1v) is 5.73. The second-order valence-corrected chi connectivity index (χ2v) is 3.81. The van der Waals surface area contributed by atoms with Gasteiger partial charge in [0.25, 0.3) is 0 Å². The number of aliphatic carboxylic acids is 2. The van der Waals surface area contributed by atoms with Crippen molar-refractivity contribution in [1.29, 1.82) is 0 Å². The van der Waals surface area contributed by atoms with Gasteiger partial charge in [0, 0.05) is 0 Å². The summed E-state index contributed by atoms with van der Waals surface area (Å²) in [6, 6.07) is -1.45. The molecule has 0 aromatic carbocycles. The molecule has 11 nitrogen and oxygen atoms in total. The maximum atomic E-state index is 11.6. The molecule has 0 spiro atoms. The van der Waals surface area contributed by atoms with Gasteiger partial charge < -0.3 is 31.9 Å². The molecule has 0 aliphatic heterocycles. The average Bonchev–Trinajstić information content (AvgIpc) is 2.40. The van der Waals surface area contributed by atoms with Crippen LogP contribution in [0.25, 0.3) is 0 Å². The Bertz CT molecular complexity index is 437. The Labute approximate surface area is 118 Å². The van der Waals surface area contributed by atoms with Gasteiger partial charge in [-0.15, -0.1) is 0 Å². The molecular formula is C10H16N4O7. The van der Waals surface area contributed by atoms with E-state index in [1.54, 1.807) is 0 Å². The number of amides is 3. The summed E-state index contributed by atoms with van der Waals surface area (Å²) in [5, 5.41) is 23.2. The largest absolute Gasteiger partial charge is 0.481 e. The van der Waals surface area contributed by atoms with E-state index >= 15 is 0 Å². The topological polar surface area (TPSA) is 188 Å². The van der Waals surface area contributed by atoms with Crippen molar-refractivity contribution < 1.29 is 34.2 Å². The highest BCUT2D eigenvalue weighted by Gasteiger charge is 2.24. The van der Waals surface area contributed by atoms with Crippen LogP contribution in [0.2, 0.25) is 0 Å². The second kappa shape index (κ2) is 9.25. The fourth-order valence-corrected chi connectivity index (χ4v) is 1.17. The summed E-state index contributed by atoms with van der Waals surface area (Å²) in [6.45, 7) is -1.53. The number of rotatable bonds is 9. The van der Waals surface area contributed by atoms with Crippen LogP contribution in [0, 0.1) is 0 Å². The van der Waals surface area contributed by atoms with Crippen LogP contribution in [0.3, 0.4) is 0 Å². The zero-order valence-electron chi connectivity index (χ0n) is 10.9. The molecule has 0 aliphatic rings. The predicted octanol–water partition coefficient (Wildman–Crippen LogP) is -3.78. The third kappa shape index (κ3) is 8.93. The minimum absolute atomic E-state index is 0.328. The molecule has 1 atom stereocenters. The van der Waals surface area contributed by atoms with Gasteiger partial charge >= 0.3 is 11.9 Å². The fourth-order valence-electron chi connectivity index (χ4n) is 1.17. The van der Waals surface area contributed by atoms with Gasteiger partial charge in [-0.1, -0.05) is 0 Å². The lowest BCUT2D eigenvalue weighted by Gasteiger charge is -2.16. The molecule has 0 unspecified atom stereocenters. The quantitative estimate of drug-likeness (QED) is 0.250. The van der Waals surface area contributed by atoms with Crippen molar-refractivity contribution in [2.75, 3.05) is 19.6 Å². The first-order valence-electron chi connectivity index (χ1n) is 5.73. The molecule has 118 valence electrons. The van der Waals surface area contributed by atoms with Gasteiger partial charge in [0.15, 0.2) is 0 Å². The SMILES string of the molecule is NCC(=O)NCC(=O)N[C@@H](CC(=O)O)C(=O)NCC(=O)O. The van der Waals surface area contributed by atoms with Crippen molar-refractivity contribution >= 4 is 29.7 Å². The van der Waals surface area contributed by atoms with E-state index < -0.39 is 55.2 Å². The zero-order chi connectivity index (χ0) is 16.4. The standard InChI is InChI=1S/C10H16N4O7/c11-2-6(15)12-3-7(16)14-5(1-8(17)18)10(21)13-4-9(19)20/h5H,1-4,11H2,(H,12,15)(H,13,21)(H,14,16)(H,17,18)(H,19,20)/t5-/m0/s1. The number of nitrogens with two attached hydrogens (primary N) is 1. The van der Waals surface area contributed by atoms with Crippen LogP contribution in [0.15, 0.2) is 0 Å². The Kier molecular flexibility index (Phi) is 8.07. The summed E-state index contributed by atoms with van der Waals surface area (Å²) in [5.41, 5.74) is 5.00. The van der Waals surface area contributed by atoms with Crippen LogP contribution in [0.5, 0.6) is 0 Å². The second-order valence-electron chi connectivity index (χ2n) is 3.81. The van der Waals surface area contributed by atoms with Crippen LogP contribution < -0.4 is 21.7 Å². The Morgan fingerprint density at radius 1 is 0.905 bits per heavy atom. The van der Waals surface area contributed by atoms with Crippen molar-refractivity contribution in [3.05, 3.63) is 0 Å². The van der Waals surface area contributed by atoms with Crippen LogP contribution >= 0.6 is 0 Å². The predicted molar refractivity (Wildman–Crippen MR) is 66.9 cm³/mol. The summed E-state index contributed by atoms with van der Waals surface area (Å²) < 4.78 is 0. The maximum Gasteiger partial charge on any atom is 0.322 e. The first-order chi connectivity index (χ1) is 9.76. The van der Waals surface area contributed by atoms with Crippen molar-refractivity contribution in [3.8, 4) is 0 Å². The monoisotopic (exact) mass is 304 g/mol. The average molecular weight is 304 g/mol. The number of nitrogens with one attached hydrogen (secondary N) is 3. The van der Waals surface area contributed by atoms with Gasteiger partial charge in [-0.2, -0.15) is 0 Å². The van der Waals surface area contributed by atoms with Gasteiger partial charge in [-0.25, -0.2) is 0 Å². The van der Waals surface area contributed by atoms with Gasteiger partial charge in [0.05, 0.1) is 19.5 Å². The van der Waals surface area contributed by atoms with Crippen LogP contribution in [0.1, 0.15) is 6.42 Å². The first kappa shape index (κ1) is 18.3. The lowest BCUT2D eigenvalue weighted by Crippen LogP contribution is -2.51. The van der Waals surface area contributed by atoms with Crippen molar-refractivity contribution in [3.63, 3.8) is 0 Å². The molecule has 0 saturated heterocycles. The van der Waals surface area contributed by atoms with E-state index in [1.807, 2.05) is 5.32 Å². The summed E-state index contributed by atoms with van der Waals surface area (Å²) in [6.07, 6.45) is -0.734. The molecular weight excluding hydrogens is 288 g/mol. The van der Waals surface area contributed by atoms with Crippen molar-refractivity contribution in [1.82, 2.24) is 16.0 Å². The fraction of sp³-hybridized carbons (Fsp3) is 0.500. The van der Waals surface area contributed by atoms with Crippen molar-refractivity contribution in [2.45, 2.75) is 12.5 Å². The summed E-state index contributed by atoms with van der Waals surface area (Å²) in [7, 11) is 0. The molecule has 0 aromatic heterocycles. The molecule has 0 fully saturated rings. The van der Waals surface area contributed by atoms with E-state index in [9.17, 15) is 24.0 Å². The Morgan fingerprint density at radius 2 is 1.52 bits per heavy atom. The molecule has 0 radical (unpaired) electrons. The van der Waals surface area contributed by atoms with E-state index in [4.69, 9.17) is 15.9 Å². The number of carboxylic acids is 2. The lowest BCUT2D eigenvalue weighted by atomic mass is 10.2. The smallest absolute Gasteiger partial charge is 0.322 e. The molecule has 3 amide bonds. The van der Waals surface area contributed by atoms with Crippen molar-refractivity contribution in [2.24, 2.45) is 5.73 Å². The Hall–Kier alpha value is -2.69. The summed E-state index contributed by atoms with van der Waals surface area (Å²) in [5.74, 6) is -5.06. The highest BCUT2D eigenvalue weighted by molar-refractivity contribution is 5.93. The van der Waals surface area contributed by atoms with Gasteiger partial charge in [0.2, 0.25) is 17.7 Å². The number of hydrogen-bond acceptors (Lipinski definition) is 6. The lowest BCUT2D eigenvalue weighted by molar-refractivity contribution is -0.141. The third-order valence-electron chi connectivity index (χ3n) is 2.08. The highest BCUT2D eigenvalue weighted by atomic mass is 16.4. The Balaban J connectivity index is 4.50. The maximum absolute atomic E-state index is 11.6.